The van der Waals surface area contributed by atoms with Crippen LogP contribution in [0, 0.1) is 5.92 Å². The number of carbonyl (C=O) groups excluding carboxylic acids is 1. The first-order valence-corrected chi connectivity index (χ1v) is 11.7. The molecule has 1 aliphatic carbocycles. The molecule has 1 amide bonds. The van der Waals surface area contributed by atoms with E-state index in [-0.39, 0.29) is 0 Å². The third kappa shape index (κ3) is 8.75. The van der Waals surface area contributed by atoms with E-state index in [4.69, 9.17) is 5.73 Å². The molecule has 0 aliphatic heterocycles. The minimum atomic E-state index is -1.17. The Kier molecular flexibility index (Phi) is 11.1. The van der Waals surface area contributed by atoms with E-state index < -0.39 is 18.1 Å². The van der Waals surface area contributed by atoms with Crippen LogP contribution in [-0.4, -0.2) is 29.7 Å². The Labute approximate surface area is 177 Å². The van der Waals surface area contributed by atoms with Crippen LogP contribution in [0.25, 0.3) is 0 Å². The maximum atomic E-state index is 12.7. The van der Waals surface area contributed by atoms with Crippen molar-refractivity contribution in [1.29, 1.82) is 0 Å². The molecule has 5 heteroatoms. The number of aliphatic hydroxyl groups excluding tert-OH is 1. The van der Waals surface area contributed by atoms with Gasteiger partial charge in [0.1, 0.15) is 6.10 Å². The predicted molar refractivity (Wildman–Crippen MR) is 120 cm³/mol. The topological polar surface area (TPSA) is 78.6 Å². The third-order valence-electron chi connectivity index (χ3n) is 6.05. The van der Waals surface area contributed by atoms with Gasteiger partial charge in [-0.05, 0) is 30.9 Å². The highest BCUT2D eigenvalue weighted by Crippen LogP contribution is 2.27. The van der Waals surface area contributed by atoms with E-state index in [1.165, 1.54) is 44.9 Å². The highest BCUT2D eigenvalue weighted by Gasteiger charge is 2.27. The number of para-hydroxylation sites is 1. The summed E-state index contributed by atoms with van der Waals surface area (Å²) in [5, 5.41) is 12.4. The van der Waals surface area contributed by atoms with E-state index in [2.05, 4.69) is 12.3 Å². The normalized spacial score (nSPS) is 16.9. The number of nitrogens with one attached hydrogen (secondary N) is 1. The Balaban J connectivity index is 1.86. The average molecular weight is 404 g/mol. The van der Waals surface area contributed by atoms with Crippen LogP contribution in [0.2, 0.25) is 0 Å². The number of nitrogens with zero attached hydrogens (tertiary/aromatic N) is 1. The summed E-state index contributed by atoms with van der Waals surface area (Å²) in [5.41, 5.74) is 10.1. The molecule has 0 saturated heterocycles. The molecule has 29 heavy (non-hydrogen) atoms. The summed E-state index contributed by atoms with van der Waals surface area (Å²) in [6.45, 7) is 2.95. The molecule has 2 atom stereocenters. The van der Waals surface area contributed by atoms with Gasteiger partial charge in [-0.2, -0.15) is 0 Å². The molecule has 5 nitrogen and oxygen atoms in total. The fraction of sp³-hybridized carbons (Fsp3) is 0.708. The van der Waals surface area contributed by atoms with E-state index in [0.29, 0.717) is 5.92 Å². The minimum Gasteiger partial charge on any atom is -0.382 e. The maximum Gasteiger partial charge on any atom is 0.268 e. The van der Waals surface area contributed by atoms with Gasteiger partial charge in [0.05, 0.1) is 5.69 Å². The van der Waals surface area contributed by atoms with Crippen molar-refractivity contribution >= 4 is 11.6 Å². The van der Waals surface area contributed by atoms with Gasteiger partial charge in [0.2, 0.25) is 0 Å². The van der Waals surface area contributed by atoms with Crippen LogP contribution >= 0.6 is 0 Å². The molecule has 0 radical (unpaired) electrons. The lowest BCUT2D eigenvalue weighted by atomic mass is 9.84. The molecule has 1 unspecified atom stereocenters. The fourth-order valence-electron chi connectivity index (χ4n) is 4.24. The van der Waals surface area contributed by atoms with Gasteiger partial charge in [0, 0.05) is 12.6 Å². The Morgan fingerprint density at radius 1 is 1.10 bits per heavy atom. The van der Waals surface area contributed by atoms with E-state index in [1.54, 1.807) is 0 Å². The zero-order valence-corrected chi connectivity index (χ0v) is 18.2. The second kappa shape index (κ2) is 13.6. The zero-order chi connectivity index (χ0) is 20.9. The first kappa shape index (κ1) is 23.7. The summed E-state index contributed by atoms with van der Waals surface area (Å²) < 4.78 is 0. The minimum absolute atomic E-state index is 0.400. The molecule has 1 saturated carbocycles. The molecule has 1 fully saturated rings. The summed E-state index contributed by atoms with van der Waals surface area (Å²) in [7, 11) is 0. The molecule has 1 aliphatic rings. The second-order valence-corrected chi connectivity index (χ2v) is 8.58. The zero-order valence-electron chi connectivity index (χ0n) is 18.2. The molecule has 0 spiro atoms. The van der Waals surface area contributed by atoms with Gasteiger partial charge in [0.25, 0.3) is 5.91 Å². The van der Waals surface area contributed by atoms with Gasteiger partial charge in [0.15, 0.2) is 0 Å². The van der Waals surface area contributed by atoms with Crippen LogP contribution < -0.4 is 16.2 Å². The SMILES string of the molecule is CCCCCCCCN(NC(=O)C(O)[C@H](N)CC1CCCCC1)c1ccccc1. The van der Waals surface area contributed by atoms with Gasteiger partial charge >= 0.3 is 0 Å². The van der Waals surface area contributed by atoms with Gasteiger partial charge in [-0.1, -0.05) is 89.3 Å². The van der Waals surface area contributed by atoms with Crippen molar-refractivity contribution in [3.05, 3.63) is 30.3 Å². The number of nitrogens with two attached hydrogens (primary N) is 1. The summed E-state index contributed by atoms with van der Waals surface area (Å²) >= 11 is 0. The number of anilines is 1. The number of benzene rings is 1. The van der Waals surface area contributed by atoms with Crippen LogP contribution in [0.4, 0.5) is 5.69 Å². The molecule has 4 N–H and O–H groups in total. The van der Waals surface area contributed by atoms with Crippen molar-refractivity contribution in [2.75, 3.05) is 11.6 Å². The first-order chi connectivity index (χ1) is 14.1. The monoisotopic (exact) mass is 403 g/mol. The van der Waals surface area contributed by atoms with Gasteiger partial charge in [-0.15, -0.1) is 0 Å². The summed E-state index contributed by atoms with van der Waals surface area (Å²) in [4.78, 5) is 12.7. The van der Waals surface area contributed by atoms with Crippen LogP contribution in [-0.2, 0) is 4.79 Å². The van der Waals surface area contributed by atoms with Crippen molar-refractivity contribution in [1.82, 2.24) is 5.43 Å². The highest BCUT2D eigenvalue weighted by atomic mass is 16.3. The summed E-state index contributed by atoms with van der Waals surface area (Å²) in [5.74, 6) is 0.137. The molecule has 0 bridgehead atoms. The molecule has 164 valence electrons. The van der Waals surface area contributed by atoms with E-state index >= 15 is 0 Å². The van der Waals surface area contributed by atoms with E-state index in [1.807, 2.05) is 35.3 Å². The number of rotatable bonds is 13. The Bertz CT molecular complexity index is 561. The van der Waals surface area contributed by atoms with Crippen molar-refractivity contribution in [3.63, 3.8) is 0 Å². The lowest BCUT2D eigenvalue weighted by Gasteiger charge is -2.30. The Morgan fingerprint density at radius 3 is 2.45 bits per heavy atom. The molecular weight excluding hydrogens is 362 g/mol. The summed E-state index contributed by atoms with van der Waals surface area (Å²) in [6, 6.07) is 9.33. The molecule has 2 rings (SSSR count). The lowest BCUT2D eigenvalue weighted by molar-refractivity contribution is -0.130. The molecule has 0 aromatic heterocycles. The van der Waals surface area contributed by atoms with Crippen LogP contribution in [0.15, 0.2) is 30.3 Å². The lowest BCUT2D eigenvalue weighted by Crippen LogP contribution is -2.53. The van der Waals surface area contributed by atoms with Gasteiger partial charge in [-0.25, -0.2) is 0 Å². The van der Waals surface area contributed by atoms with Crippen LogP contribution in [0.5, 0.6) is 0 Å². The van der Waals surface area contributed by atoms with Gasteiger partial charge in [-0.3, -0.25) is 15.2 Å². The van der Waals surface area contributed by atoms with Crippen molar-refractivity contribution < 1.29 is 9.90 Å². The second-order valence-electron chi connectivity index (χ2n) is 8.58. The number of hydrogen-bond donors (Lipinski definition) is 3. The number of hydrogen-bond acceptors (Lipinski definition) is 4. The molecule has 1 aromatic carbocycles. The summed E-state index contributed by atoms with van der Waals surface area (Å²) in [6.07, 6.45) is 12.8. The maximum absolute atomic E-state index is 12.7. The smallest absolute Gasteiger partial charge is 0.268 e. The fourth-order valence-corrected chi connectivity index (χ4v) is 4.24. The number of hydrazine groups is 1. The van der Waals surface area contributed by atoms with E-state index in [9.17, 15) is 9.90 Å². The molecule has 0 heterocycles. The first-order valence-electron chi connectivity index (χ1n) is 11.7. The predicted octanol–water partition coefficient (Wildman–Crippen LogP) is 4.54. The molecule has 1 aromatic rings. The van der Waals surface area contributed by atoms with E-state index in [0.717, 1.165) is 44.3 Å². The Morgan fingerprint density at radius 2 is 1.76 bits per heavy atom. The van der Waals surface area contributed by atoms with Crippen molar-refractivity contribution in [3.8, 4) is 0 Å². The number of amides is 1. The van der Waals surface area contributed by atoms with Crippen molar-refractivity contribution in [2.24, 2.45) is 11.7 Å². The quantitative estimate of drug-likeness (QED) is 0.334. The van der Waals surface area contributed by atoms with Crippen LogP contribution in [0.3, 0.4) is 0 Å². The largest absolute Gasteiger partial charge is 0.382 e. The number of carbonyl (C=O) groups is 1. The van der Waals surface area contributed by atoms with Crippen molar-refractivity contribution in [2.45, 2.75) is 96.1 Å². The van der Waals surface area contributed by atoms with Crippen LogP contribution in [0.1, 0.15) is 84.0 Å². The molecular formula is C24H41N3O2. The van der Waals surface area contributed by atoms with Gasteiger partial charge < -0.3 is 10.8 Å². The number of unbranched alkanes of at least 4 members (excludes halogenated alkanes) is 5. The third-order valence-corrected chi connectivity index (χ3v) is 6.05. The average Bonchev–Trinajstić information content (AvgIpc) is 2.76. The standard InChI is InChI=1S/C24H41N3O2/c1-2-3-4-5-6-13-18-27(21-16-11-8-12-17-21)26-24(29)23(28)22(25)19-20-14-9-7-10-15-20/h8,11-12,16-17,20,22-23,28H,2-7,9-10,13-15,18-19,25H2,1H3,(H,26,29)/t22-,23?/m1/s1. The highest BCUT2D eigenvalue weighted by molar-refractivity contribution is 5.82. The number of aliphatic hydroxyl groups is 1. The Hall–Kier alpha value is -1.59.